The average molecular weight is 291 g/mol. The summed E-state index contributed by atoms with van der Waals surface area (Å²) in [7, 11) is 0. The highest BCUT2D eigenvalue weighted by molar-refractivity contribution is 5.30. The van der Waals surface area contributed by atoms with Gasteiger partial charge in [0.05, 0.1) is 17.7 Å². The number of hydrogen-bond acceptors (Lipinski definition) is 2. The number of halogens is 4. The van der Waals surface area contributed by atoms with E-state index < -0.39 is 29.7 Å². The molecule has 2 rings (SSSR count). The second kappa shape index (κ2) is 5.69. The largest absolute Gasteiger partial charge is 0.419 e. The minimum Gasteiger partial charge on any atom is -0.391 e. The Bertz CT molecular complexity index is 469. The highest BCUT2D eigenvalue weighted by Gasteiger charge is 2.36. The van der Waals surface area contributed by atoms with Gasteiger partial charge < -0.3 is 10.8 Å². The molecule has 20 heavy (non-hydrogen) atoms. The third kappa shape index (κ3) is 3.12. The first-order valence-electron chi connectivity index (χ1n) is 6.61. The fourth-order valence-corrected chi connectivity index (χ4v) is 2.76. The molecule has 0 heterocycles. The van der Waals surface area contributed by atoms with Crippen molar-refractivity contribution in [2.24, 2.45) is 11.7 Å². The predicted molar refractivity (Wildman–Crippen MR) is 66.3 cm³/mol. The zero-order chi connectivity index (χ0) is 14.9. The quantitative estimate of drug-likeness (QED) is 0.838. The van der Waals surface area contributed by atoms with Crippen LogP contribution in [0.5, 0.6) is 0 Å². The van der Waals surface area contributed by atoms with Crippen molar-refractivity contribution < 1.29 is 22.7 Å². The summed E-state index contributed by atoms with van der Waals surface area (Å²) in [5.74, 6) is -1.33. The molecule has 0 aliphatic heterocycles. The molecule has 0 unspecified atom stereocenters. The smallest absolute Gasteiger partial charge is 0.391 e. The van der Waals surface area contributed by atoms with Crippen LogP contribution in [0.25, 0.3) is 0 Å². The van der Waals surface area contributed by atoms with Gasteiger partial charge in [0, 0.05) is 0 Å². The maximum absolute atomic E-state index is 13.2. The van der Waals surface area contributed by atoms with Gasteiger partial charge in [-0.15, -0.1) is 0 Å². The molecule has 1 aliphatic rings. The van der Waals surface area contributed by atoms with Crippen LogP contribution in [0, 0.1) is 11.7 Å². The van der Waals surface area contributed by atoms with Crippen LogP contribution in [0.1, 0.15) is 42.9 Å². The van der Waals surface area contributed by atoms with Crippen molar-refractivity contribution in [2.75, 3.05) is 0 Å². The van der Waals surface area contributed by atoms with Gasteiger partial charge in [-0.05, 0) is 36.5 Å². The summed E-state index contributed by atoms with van der Waals surface area (Å²) in [5, 5.41) is 10.1. The molecule has 0 amide bonds. The molecular weight excluding hydrogens is 274 g/mol. The van der Waals surface area contributed by atoms with Crippen LogP contribution in [0.4, 0.5) is 17.6 Å². The molecule has 2 nitrogen and oxygen atoms in total. The third-order valence-corrected chi connectivity index (χ3v) is 3.93. The SMILES string of the molecule is N[C@H](c1ccc(F)c(C(F)(F)F)c1)[C@@H](O)C1CCCC1. The van der Waals surface area contributed by atoms with Crippen molar-refractivity contribution in [3.63, 3.8) is 0 Å². The number of aliphatic hydroxyl groups excluding tert-OH is 1. The average Bonchev–Trinajstić information content (AvgIpc) is 2.90. The molecule has 1 aromatic rings. The van der Waals surface area contributed by atoms with E-state index in [1.807, 2.05) is 0 Å². The number of rotatable bonds is 3. The lowest BCUT2D eigenvalue weighted by molar-refractivity contribution is -0.140. The van der Waals surface area contributed by atoms with Gasteiger partial charge in [0.2, 0.25) is 0 Å². The van der Waals surface area contributed by atoms with Crippen molar-refractivity contribution in [2.45, 2.75) is 44.0 Å². The number of benzene rings is 1. The summed E-state index contributed by atoms with van der Waals surface area (Å²) >= 11 is 0. The summed E-state index contributed by atoms with van der Waals surface area (Å²) in [6.07, 6.45) is -2.04. The fraction of sp³-hybridized carbons (Fsp3) is 0.571. The van der Waals surface area contributed by atoms with E-state index in [1.54, 1.807) is 0 Å². The Labute approximate surface area is 114 Å². The van der Waals surface area contributed by atoms with E-state index in [0.717, 1.165) is 31.7 Å². The van der Waals surface area contributed by atoms with Crippen LogP contribution in [0.15, 0.2) is 18.2 Å². The van der Waals surface area contributed by atoms with Gasteiger partial charge in [-0.25, -0.2) is 4.39 Å². The van der Waals surface area contributed by atoms with Crippen LogP contribution in [0.2, 0.25) is 0 Å². The molecular formula is C14H17F4NO. The van der Waals surface area contributed by atoms with E-state index in [2.05, 4.69) is 0 Å². The van der Waals surface area contributed by atoms with Gasteiger partial charge >= 0.3 is 6.18 Å². The van der Waals surface area contributed by atoms with Crippen molar-refractivity contribution in [3.8, 4) is 0 Å². The fourth-order valence-electron chi connectivity index (χ4n) is 2.76. The van der Waals surface area contributed by atoms with Gasteiger partial charge in [-0.1, -0.05) is 18.9 Å². The van der Waals surface area contributed by atoms with Gasteiger partial charge in [0.25, 0.3) is 0 Å². The molecule has 0 saturated heterocycles. The first-order chi connectivity index (χ1) is 9.30. The van der Waals surface area contributed by atoms with Crippen molar-refractivity contribution in [3.05, 3.63) is 35.1 Å². The third-order valence-electron chi connectivity index (χ3n) is 3.93. The molecule has 0 spiro atoms. The topological polar surface area (TPSA) is 46.2 Å². The molecule has 0 radical (unpaired) electrons. The molecule has 0 bridgehead atoms. The first-order valence-corrected chi connectivity index (χ1v) is 6.61. The minimum absolute atomic E-state index is 0.00406. The standard InChI is InChI=1S/C14H17F4NO/c15-11-6-5-9(7-10(11)14(16,17)18)12(19)13(20)8-3-1-2-4-8/h5-8,12-13,20H,1-4,19H2/t12-,13+/m1/s1. The highest BCUT2D eigenvalue weighted by atomic mass is 19.4. The molecule has 3 N–H and O–H groups in total. The van der Waals surface area contributed by atoms with Gasteiger partial charge in [0.15, 0.2) is 0 Å². The molecule has 1 aromatic carbocycles. The summed E-state index contributed by atoms with van der Waals surface area (Å²) in [5.41, 5.74) is 4.61. The predicted octanol–water partition coefficient (Wildman–Crippen LogP) is 3.40. The summed E-state index contributed by atoms with van der Waals surface area (Å²) < 4.78 is 51.2. The highest BCUT2D eigenvalue weighted by Crippen LogP contribution is 2.36. The Balaban J connectivity index is 2.23. The van der Waals surface area contributed by atoms with E-state index in [4.69, 9.17) is 5.73 Å². The molecule has 6 heteroatoms. The van der Waals surface area contributed by atoms with Crippen LogP contribution in [-0.4, -0.2) is 11.2 Å². The maximum Gasteiger partial charge on any atom is 0.419 e. The normalized spacial score (nSPS) is 20.1. The molecule has 1 fully saturated rings. The molecule has 2 atom stereocenters. The molecule has 0 aromatic heterocycles. The number of hydrogen-bond donors (Lipinski definition) is 2. The van der Waals surface area contributed by atoms with Crippen LogP contribution >= 0.6 is 0 Å². The zero-order valence-electron chi connectivity index (χ0n) is 10.8. The summed E-state index contributed by atoms with van der Waals surface area (Å²) in [4.78, 5) is 0. The Hall–Kier alpha value is -1.14. The number of alkyl halides is 3. The van der Waals surface area contributed by atoms with Crippen molar-refractivity contribution in [1.29, 1.82) is 0 Å². The lowest BCUT2D eigenvalue weighted by atomic mass is 9.90. The molecule has 1 aliphatic carbocycles. The first kappa shape index (κ1) is 15.3. The lowest BCUT2D eigenvalue weighted by Gasteiger charge is -2.25. The Kier molecular flexibility index (Phi) is 4.34. The number of aliphatic hydroxyl groups is 1. The Morgan fingerprint density at radius 2 is 1.80 bits per heavy atom. The van der Waals surface area contributed by atoms with E-state index >= 15 is 0 Å². The second-order valence-corrected chi connectivity index (χ2v) is 5.30. The van der Waals surface area contributed by atoms with E-state index in [9.17, 15) is 22.7 Å². The van der Waals surface area contributed by atoms with E-state index in [0.29, 0.717) is 6.07 Å². The monoisotopic (exact) mass is 291 g/mol. The van der Waals surface area contributed by atoms with Gasteiger partial charge in [0.1, 0.15) is 5.82 Å². The zero-order valence-corrected chi connectivity index (χ0v) is 10.8. The van der Waals surface area contributed by atoms with E-state index in [-0.39, 0.29) is 11.5 Å². The Morgan fingerprint density at radius 3 is 2.35 bits per heavy atom. The second-order valence-electron chi connectivity index (χ2n) is 5.30. The van der Waals surface area contributed by atoms with Crippen molar-refractivity contribution in [1.82, 2.24) is 0 Å². The van der Waals surface area contributed by atoms with Crippen LogP contribution in [-0.2, 0) is 6.18 Å². The molecule has 112 valence electrons. The number of nitrogens with two attached hydrogens (primary N) is 1. The summed E-state index contributed by atoms with van der Waals surface area (Å²) in [6.45, 7) is 0. The van der Waals surface area contributed by atoms with Crippen LogP contribution in [0.3, 0.4) is 0 Å². The van der Waals surface area contributed by atoms with Crippen LogP contribution < -0.4 is 5.73 Å². The van der Waals surface area contributed by atoms with E-state index in [1.165, 1.54) is 6.07 Å². The lowest BCUT2D eigenvalue weighted by Crippen LogP contribution is -2.32. The van der Waals surface area contributed by atoms with Gasteiger partial charge in [-0.2, -0.15) is 13.2 Å². The Morgan fingerprint density at radius 1 is 1.20 bits per heavy atom. The maximum atomic E-state index is 13.2. The minimum atomic E-state index is -4.77. The summed E-state index contributed by atoms with van der Waals surface area (Å²) in [6, 6.07) is 1.71. The molecule has 1 saturated carbocycles. The van der Waals surface area contributed by atoms with Gasteiger partial charge in [-0.3, -0.25) is 0 Å². The van der Waals surface area contributed by atoms with Crippen molar-refractivity contribution >= 4 is 0 Å².